The van der Waals surface area contributed by atoms with Crippen molar-refractivity contribution in [1.82, 2.24) is 5.16 Å². The van der Waals surface area contributed by atoms with Crippen LogP contribution in [0.5, 0.6) is 5.88 Å². The van der Waals surface area contributed by atoms with Gasteiger partial charge in [-0.1, -0.05) is 49.6 Å². The van der Waals surface area contributed by atoms with Gasteiger partial charge in [0.15, 0.2) is 0 Å². The third-order valence-corrected chi connectivity index (χ3v) is 3.74. The summed E-state index contributed by atoms with van der Waals surface area (Å²) in [4.78, 5) is 0. The second-order valence-corrected chi connectivity index (χ2v) is 5.18. The van der Waals surface area contributed by atoms with Crippen molar-refractivity contribution < 1.29 is 9.26 Å². The Hall–Kier alpha value is -1.77. The minimum Gasteiger partial charge on any atom is -0.471 e. The van der Waals surface area contributed by atoms with Gasteiger partial charge in [0.25, 0.3) is 5.88 Å². The summed E-state index contributed by atoms with van der Waals surface area (Å²) < 4.78 is 11.1. The molecule has 0 radical (unpaired) electrons. The summed E-state index contributed by atoms with van der Waals surface area (Å²) in [5.41, 5.74) is 1.14. The van der Waals surface area contributed by atoms with Gasteiger partial charge in [-0.05, 0) is 23.6 Å². The zero-order chi connectivity index (χ0) is 12.9. The summed E-state index contributed by atoms with van der Waals surface area (Å²) in [6.07, 6.45) is 6.37. The number of hydrogen-bond acceptors (Lipinski definition) is 3. The van der Waals surface area contributed by atoms with Crippen LogP contribution < -0.4 is 4.74 Å². The summed E-state index contributed by atoms with van der Waals surface area (Å²) in [5, 5.41) is 4.01. The Bertz CT molecular complexity index is 500. The highest BCUT2D eigenvalue weighted by Gasteiger charge is 2.20. The van der Waals surface area contributed by atoms with E-state index in [1.54, 1.807) is 0 Å². The maximum atomic E-state index is 5.66. The van der Waals surface area contributed by atoms with E-state index in [2.05, 4.69) is 5.16 Å². The van der Waals surface area contributed by atoms with Crippen molar-refractivity contribution in [3.05, 3.63) is 47.7 Å². The molecule has 0 aliphatic heterocycles. The molecule has 0 unspecified atom stereocenters. The van der Waals surface area contributed by atoms with Crippen LogP contribution in [-0.4, -0.2) is 5.16 Å². The zero-order valence-corrected chi connectivity index (χ0v) is 11.0. The molecule has 1 aliphatic carbocycles. The summed E-state index contributed by atoms with van der Waals surface area (Å²) in [7, 11) is 0. The van der Waals surface area contributed by atoms with Gasteiger partial charge in [0, 0.05) is 12.0 Å². The van der Waals surface area contributed by atoms with Crippen LogP contribution in [0.4, 0.5) is 0 Å². The monoisotopic (exact) mass is 257 g/mol. The molecule has 100 valence electrons. The molecular weight excluding hydrogens is 238 g/mol. The first-order chi connectivity index (χ1) is 9.42. The van der Waals surface area contributed by atoms with Gasteiger partial charge in [-0.25, -0.2) is 0 Å². The minimum atomic E-state index is 0.537. The van der Waals surface area contributed by atoms with Crippen molar-refractivity contribution in [2.24, 2.45) is 0 Å². The Balaban J connectivity index is 1.58. The van der Waals surface area contributed by atoms with Crippen molar-refractivity contribution in [3.63, 3.8) is 0 Å². The van der Waals surface area contributed by atoms with E-state index in [0.29, 0.717) is 18.4 Å². The maximum Gasteiger partial charge on any atom is 0.254 e. The molecule has 0 saturated heterocycles. The van der Waals surface area contributed by atoms with Gasteiger partial charge < -0.3 is 9.26 Å². The molecule has 0 N–H and O–H groups in total. The lowest BCUT2D eigenvalue weighted by atomic mass is 9.88. The molecule has 0 bridgehead atoms. The lowest BCUT2D eigenvalue weighted by molar-refractivity contribution is 0.259. The van der Waals surface area contributed by atoms with E-state index in [0.717, 1.165) is 11.3 Å². The minimum absolute atomic E-state index is 0.537. The normalized spacial score (nSPS) is 16.4. The topological polar surface area (TPSA) is 35.3 Å². The predicted molar refractivity (Wildman–Crippen MR) is 73.1 cm³/mol. The van der Waals surface area contributed by atoms with Gasteiger partial charge in [-0.2, -0.15) is 0 Å². The third kappa shape index (κ3) is 3.16. The fourth-order valence-corrected chi connectivity index (χ4v) is 2.65. The van der Waals surface area contributed by atoms with Crippen LogP contribution in [0.15, 0.2) is 40.9 Å². The van der Waals surface area contributed by atoms with E-state index in [1.807, 2.05) is 36.4 Å². The number of ether oxygens (including phenoxy) is 1. The van der Waals surface area contributed by atoms with Crippen LogP contribution in [0.3, 0.4) is 0 Å². The van der Waals surface area contributed by atoms with Crippen LogP contribution >= 0.6 is 0 Å². The molecule has 3 heteroatoms. The molecule has 19 heavy (non-hydrogen) atoms. The number of rotatable bonds is 4. The first-order valence-corrected chi connectivity index (χ1v) is 7.05. The van der Waals surface area contributed by atoms with E-state index in [4.69, 9.17) is 9.26 Å². The van der Waals surface area contributed by atoms with Crippen LogP contribution in [0.1, 0.15) is 49.3 Å². The van der Waals surface area contributed by atoms with Crippen LogP contribution in [0.25, 0.3) is 0 Å². The highest BCUT2D eigenvalue weighted by atomic mass is 16.5. The Morgan fingerprint density at radius 1 is 1.11 bits per heavy atom. The Morgan fingerprint density at radius 3 is 2.68 bits per heavy atom. The van der Waals surface area contributed by atoms with E-state index in [-0.39, 0.29) is 0 Å². The van der Waals surface area contributed by atoms with Gasteiger partial charge in [0.05, 0.1) is 0 Å². The average molecular weight is 257 g/mol. The fourth-order valence-electron chi connectivity index (χ4n) is 2.65. The standard InChI is InChI=1S/C16H19NO2/c1-3-7-13(8-4-1)12-18-16-11-15(19-17-16)14-9-5-2-6-10-14/h1,3-4,7-8,11,14H,2,5-6,9-10,12H2. The van der Waals surface area contributed by atoms with Crippen molar-refractivity contribution in [2.75, 3.05) is 0 Å². The lowest BCUT2D eigenvalue weighted by Gasteiger charge is -2.18. The Kier molecular flexibility index (Phi) is 3.82. The smallest absolute Gasteiger partial charge is 0.254 e. The van der Waals surface area contributed by atoms with Crippen LogP contribution in [-0.2, 0) is 6.61 Å². The molecule has 1 fully saturated rings. The molecule has 3 rings (SSSR count). The van der Waals surface area contributed by atoms with Gasteiger partial charge in [-0.15, -0.1) is 0 Å². The molecular formula is C16H19NO2. The van der Waals surface area contributed by atoms with Crippen molar-refractivity contribution >= 4 is 0 Å². The first kappa shape index (κ1) is 12.3. The fraction of sp³-hybridized carbons (Fsp3) is 0.438. The molecule has 1 aromatic heterocycles. The van der Waals surface area contributed by atoms with Gasteiger partial charge in [0.2, 0.25) is 0 Å². The number of hydrogen-bond donors (Lipinski definition) is 0. The molecule has 3 nitrogen and oxygen atoms in total. The predicted octanol–water partition coefficient (Wildman–Crippen LogP) is 4.30. The number of aromatic nitrogens is 1. The largest absolute Gasteiger partial charge is 0.471 e. The molecule has 1 heterocycles. The lowest BCUT2D eigenvalue weighted by Crippen LogP contribution is -2.03. The van der Waals surface area contributed by atoms with Crippen molar-refractivity contribution in [1.29, 1.82) is 0 Å². The van der Waals surface area contributed by atoms with Gasteiger partial charge >= 0.3 is 0 Å². The van der Waals surface area contributed by atoms with Gasteiger partial charge in [-0.3, -0.25) is 0 Å². The summed E-state index contributed by atoms with van der Waals surface area (Å²) in [5.74, 6) is 2.13. The molecule has 1 aromatic carbocycles. The molecule has 0 amide bonds. The van der Waals surface area contributed by atoms with E-state index < -0.39 is 0 Å². The average Bonchev–Trinajstić information content (AvgIpc) is 2.96. The number of benzene rings is 1. The van der Waals surface area contributed by atoms with Crippen LogP contribution in [0.2, 0.25) is 0 Å². The molecule has 2 aromatic rings. The first-order valence-electron chi connectivity index (χ1n) is 7.05. The van der Waals surface area contributed by atoms with Crippen LogP contribution in [0, 0.1) is 0 Å². The quantitative estimate of drug-likeness (QED) is 0.819. The molecule has 1 aliphatic rings. The zero-order valence-electron chi connectivity index (χ0n) is 11.0. The summed E-state index contributed by atoms with van der Waals surface area (Å²) in [6, 6.07) is 12.1. The highest BCUT2D eigenvalue weighted by Crippen LogP contribution is 2.33. The Morgan fingerprint density at radius 2 is 1.89 bits per heavy atom. The summed E-state index contributed by atoms with van der Waals surface area (Å²) in [6.45, 7) is 0.539. The number of nitrogens with zero attached hydrogens (tertiary/aromatic N) is 1. The van der Waals surface area contributed by atoms with Gasteiger partial charge in [0.1, 0.15) is 12.4 Å². The van der Waals surface area contributed by atoms with E-state index in [9.17, 15) is 0 Å². The van der Waals surface area contributed by atoms with E-state index >= 15 is 0 Å². The SMILES string of the molecule is c1ccc(COc2cc(C3CCCCC3)on2)cc1. The highest BCUT2D eigenvalue weighted by molar-refractivity contribution is 5.17. The van der Waals surface area contributed by atoms with Crippen molar-refractivity contribution in [2.45, 2.75) is 44.6 Å². The third-order valence-electron chi connectivity index (χ3n) is 3.74. The Labute approximate surface area is 113 Å². The molecule has 0 atom stereocenters. The maximum absolute atomic E-state index is 5.66. The molecule has 0 spiro atoms. The van der Waals surface area contributed by atoms with E-state index in [1.165, 1.54) is 32.1 Å². The second-order valence-electron chi connectivity index (χ2n) is 5.18. The second kappa shape index (κ2) is 5.91. The molecule has 1 saturated carbocycles. The van der Waals surface area contributed by atoms with Crippen molar-refractivity contribution in [3.8, 4) is 5.88 Å². The summed E-state index contributed by atoms with van der Waals surface area (Å²) >= 11 is 0.